The summed E-state index contributed by atoms with van der Waals surface area (Å²) in [4.78, 5) is 4.58. The van der Waals surface area contributed by atoms with Gasteiger partial charge >= 0.3 is 28.2 Å². The Bertz CT molecular complexity index is 1680. The summed E-state index contributed by atoms with van der Waals surface area (Å²) in [5, 5.41) is 2.22. The second-order valence-corrected chi connectivity index (χ2v) is 8.21. The van der Waals surface area contributed by atoms with Crippen LogP contribution in [0.15, 0.2) is 103 Å². The molecule has 1 aliphatic heterocycles. The van der Waals surface area contributed by atoms with E-state index in [0.29, 0.717) is 11.5 Å². The molecular formula is C29H17BN2O3Pt. The van der Waals surface area contributed by atoms with E-state index < -0.39 is 7.12 Å². The zero-order valence-electron chi connectivity index (χ0n) is 18.8. The first-order valence-electron chi connectivity index (χ1n) is 11.3. The maximum atomic E-state index is 6.19. The second kappa shape index (κ2) is 9.21. The molecule has 5 nitrogen and oxygen atoms in total. The first kappa shape index (κ1) is 22.4. The summed E-state index contributed by atoms with van der Waals surface area (Å²) in [5.41, 5.74) is 2.72. The van der Waals surface area contributed by atoms with Gasteiger partial charge in [-0.05, 0) is 35.7 Å². The smallest absolute Gasteiger partial charge is 0.521 e. The minimum atomic E-state index is -0.561. The van der Waals surface area contributed by atoms with Gasteiger partial charge in [0.15, 0.2) is 0 Å². The van der Waals surface area contributed by atoms with Gasteiger partial charge in [-0.1, -0.05) is 47.4 Å². The molecule has 7 rings (SSSR count). The molecule has 174 valence electrons. The van der Waals surface area contributed by atoms with E-state index in [1.807, 2.05) is 78.9 Å². The molecule has 36 heavy (non-hydrogen) atoms. The van der Waals surface area contributed by atoms with Gasteiger partial charge in [0.2, 0.25) is 0 Å². The molecule has 7 heteroatoms. The summed E-state index contributed by atoms with van der Waals surface area (Å²) in [6, 6.07) is 38.2. The fraction of sp³-hybridized carbons (Fsp3) is 0. The molecule has 4 aromatic carbocycles. The van der Waals surface area contributed by atoms with Gasteiger partial charge in [0.1, 0.15) is 17.3 Å². The zero-order valence-corrected chi connectivity index (χ0v) is 21.1. The second-order valence-electron chi connectivity index (χ2n) is 8.21. The van der Waals surface area contributed by atoms with Crippen LogP contribution in [-0.4, -0.2) is 16.7 Å². The summed E-state index contributed by atoms with van der Waals surface area (Å²) >= 11 is 0. The molecule has 1 aliphatic rings. The van der Waals surface area contributed by atoms with Gasteiger partial charge in [-0.2, -0.15) is 18.2 Å². The van der Waals surface area contributed by atoms with Crippen LogP contribution in [-0.2, 0) is 21.1 Å². The summed E-state index contributed by atoms with van der Waals surface area (Å²) in [5.74, 6) is 3.41. The van der Waals surface area contributed by atoms with Gasteiger partial charge in [0.05, 0.1) is 0 Å². The Balaban J connectivity index is 0.00000240. The molecule has 0 unspecified atom stereocenters. The maximum Gasteiger partial charge on any atom is 2.00 e. The van der Waals surface area contributed by atoms with Crippen LogP contribution in [0.4, 0.5) is 0 Å². The van der Waals surface area contributed by atoms with Crippen molar-refractivity contribution in [2.75, 3.05) is 0 Å². The van der Waals surface area contributed by atoms with Crippen molar-refractivity contribution >= 4 is 34.4 Å². The largest absolute Gasteiger partial charge is 2.00 e. The fourth-order valence-corrected chi connectivity index (χ4v) is 4.46. The molecule has 0 aliphatic carbocycles. The quantitative estimate of drug-likeness (QED) is 0.181. The van der Waals surface area contributed by atoms with Gasteiger partial charge in [0.25, 0.3) is 0 Å². The van der Waals surface area contributed by atoms with Crippen molar-refractivity contribution < 1.29 is 35.1 Å². The zero-order chi connectivity index (χ0) is 23.2. The molecule has 0 atom stereocenters. The van der Waals surface area contributed by atoms with Crippen molar-refractivity contribution in [2.24, 2.45) is 0 Å². The van der Waals surface area contributed by atoms with Crippen molar-refractivity contribution in [2.45, 2.75) is 0 Å². The summed E-state index contributed by atoms with van der Waals surface area (Å²) in [6.45, 7) is 0. The average molecular weight is 647 g/mol. The first-order chi connectivity index (χ1) is 17.3. The third-order valence-electron chi connectivity index (χ3n) is 6.02. The third kappa shape index (κ3) is 3.84. The molecule has 0 N–H and O–H groups in total. The molecule has 0 spiro atoms. The molecule has 2 aromatic heterocycles. The molecule has 0 radical (unpaired) electrons. The molecular weight excluding hydrogens is 630 g/mol. The van der Waals surface area contributed by atoms with Crippen LogP contribution in [0.3, 0.4) is 0 Å². The van der Waals surface area contributed by atoms with Crippen molar-refractivity contribution in [1.82, 2.24) is 9.55 Å². The Morgan fingerprint density at radius 2 is 1.44 bits per heavy atom. The Kier molecular flexibility index (Phi) is 5.74. The van der Waals surface area contributed by atoms with Gasteiger partial charge < -0.3 is 18.6 Å². The Morgan fingerprint density at radius 3 is 2.25 bits per heavy atom. The van der Waals surface area contributed by atoms with Crippen molar-refractivity contribution in [3.05, 3.63) is 115 Å². The van der Waals surface area contributed by atoms with Crippen LogP contribution in [0.1, 0.15) is 0 Å². The molecule has 0 saturated heterocycles. The molecule has 0 bridgehead atoms. The van der Waals surface area contributed by atoms with E-state index >= 15 is 0 Å². The van der Waals surface area contributed by atoms with Crippen LogP contribution in [0.2, 0.25) is 0 Å². The normalized spacial score (nSPS) is 12.1. The molecule has 6 aromatic rings. The topological polar surface area (TPSA) is 45.5 Å². The number of hydrogen-bond acceptors (Lipinski definition) is 4. The fourth-order valence-electron chi connectivity index (χ4n) is 4.46. The Labute approximate surface area is 222 Å². The van der Waals surface area contributed by atoms with Gasteiger partial charge in [-0.25, -0.2) is 4.98 Å². The van der Waals surface area contributed by atoms with Gasteiger partial charge in [-0.3, -0.25) is 0 Å². The summed E-state index contributed by atoms with van der Waals surface area (Å²) < 4.78 is 20.2. The predicted octanol–water partition coefficient (Wildman–Crippen LogP) is 5.74. The van der Waals surface area contributed by atoms with E-state index in [0.717, 1.165) is 44.6 Å². The summed E-state index contributed by atoms with van der Waals surface area (Å²) in [6.07, 6.45) is 1.79. The predicted molar refractivity (Wildman–Crippen MR) is 136 cm³/mol. The minimum absolute atomic E-state index is 0. The van der Waals surface area contributed by atoms with E-state index in [-0.39, 0.29) is 21.1 Å². The van der Waals surface area contributed by atoms with Crippen LogP contribution < -0.4 is 19.5 Å². The number of nitrogens with zero attached hydrogens (tertiary/aromatic N) is 2. The summed E-state index contributed by atoms with van der Waals surface area (Å²) in [7, 11) is -0.561. The molecule has 0 fully saturated rings. The van der Waals surface area contributed by atoms with E-state index in [9.17, 15) is 0 Å². The van der Waals surface area contributed by atoms with Crippen molar-refractivity contribution in [3.8, 4) is 28.8 Å². The first-order valence-corrected chi connectivity index (χ1v) is 11.3. The number of para-hydroxylation sites is 3. The number of rotatable bonds is 4. The third-order valence-corrected chi connectivity index (χ3v) is 6.02. The van der Waals surface area contributed by atoms with Crippen molar-refractivity contribution in [3.63, 3.8) is 0 Å². The number of fused-ring (bicyclic) bond motifs is 4. The number of pyridine rings is 1. The monoisotopic (exact) mass is 647 g/mol. The van der Waals surface area contributed by atoms with Gasteiger partial charge in [-0.15, -0.1) is 29.7 Å². The Morgan fingerprint density at radius 1 is 0.694 bits per heavy atom. The van der Waals surface area contributed by atoms with Crippen LogP contribution in [0, 0.1) is 12.1 Å². The van der Waals surface area contributed by atoms with E-state index in [4.69, 9.17) is 14.0 Å². The maximum absolute atomic E-state index is 6.19. The molecule has 3 heterocycles. The van der Waals surface area contributed by atoms with Crippen molar-refractivity contribution in [1.29, 1.82) is 0 Å². The van der Waals surface area contributed by atoms with Crippen LogP contribution >= 0.6 is 0 Å². The van der Waals surface area contributed by atoms with E-state index in [1.54, 1.807) is 6.20 Å². The SMILES string of the molecule is [Pt+2].[c-]1c(Oc2[c-]c3c(cc2)c2ccccc2n3-c2ccccn2)cccc1B1Oc2ccccc2O1. The number of benzene rings is 4. The number of hydrogen-bond donors (Lipinski definition) is 0. The molecule has 0 amide bonds. The van der Waals surface area contributed by atoms with E-state index in [1.165, 1.54) is 0 Å². The van der Waals surface area contributed by atoms with Gasteiger partial charge in [0, 0.05) is 23.2 Å². The van der Waals surface area contributed by atoms with E-state index in [2.05, 4.69) is 39.9 Å². The standard InChI is InChI=1S/C29H17BN2O3.Pt/c1-2-11-25-23(10-1)24-16-15-22(19-26(24)32(25)29-14-5-6-17-31-29)33-21-9-7-8-20(18-21)30-34-27-12-3-4-13-28(27)35-30;/h1-17H;/q-2;+2. The van der Waals surface area contributed by atoms with Crippen LogP contribution in [0.5, 0.6) is 23.0 Å². The number of aromatic nitrogens is 2. The Hall–Kier alpha value is -4.02. The van der Waals surface area contributed by atoms with Crippen LogP contribution in [0.25, 0.3) is 27.6 Å². The average Bonchev–Trinajstić information content (AvgIpc) is 3.49. The minimum Gasteiger partial charge on any atom is -0.521 e. The molecule has 0 saturated carbocycles. The number of ether oxygens (including phenoxy) is 1.